The number of nitrogens with one attached hydrogen (secondary N) is 1. The highest BCUT2D eigenvalue weighted by Crippen LogP contribution is 2.55. The Morgan fingerprint density at radius 1 is 1.29 bits per heavy atom. The van der Waals surface area contributed by atoms with E-state index in [0.29, 0.717) is 30.8 Å². The Hall–Kier alpha value is -1.46. The van der Waals surface area contributed by atoms with Gasteiger partial charge in [0.2, 0.25) is 5.91 Å². The van der Waals surface area contributed by atoms with Crippen molar-refractivity contribution in [2.45, 2.75) is 69.1 Å². The molecule has 1 aliphatic carbocycles. The van der Waals surface area contributed by atoms with Crippen LogP contribution < -0.4 is 5.32 Å². The third-order valence-electron chi connectivity index (χ3n) is 7.72. The Morgan fingerprint density at radius 3 is 2.96 bits per heavy atom. The summed E-state index contributed by atoms with van der Waals surface area (Å²) in [5, 5.41) is 3.16. The fourth-order valence-corrected chi connectivity index (χ4v) is 6.32. The second-order valence-electron chi connectivity index (χ2n) is 9.33. The molecule has 1 spiro atoms. The molecular weight excluding hydrogens is 355 g/mol. The van der Waals surface area contributed by atoms with Crippen LogP contribution in [-0.4, -0.2) is 48.2 Å². The second-order valence-corrected chi connectivity index (χ2v) is 9.33. The standard InChI is InChI=1S/C23H31FN2O2/c24-17-5-3-4-16(12-17)8-9-22(27)25-13-19-20-14-26(18-6-1-2-7-18)15-23(20)11-10-21(19)28-23/h3-5,12,18-21H,1-2,6-11,13-15H2,(H,25,27)/t19-,20+,21+,23+/m0/s1. The zero-order valence-corrected chi connectivity index (χ0v) is 16.5. The fraction of sp³-hybridized carbons (Fsp3) is 0.696. The number of fused-ring (bicyclic) bond motifs is 1. The number of benzene rings is 1. The number of ether oxygens (including phenoxy) is 1. The van der Waals surface area contributed by atoms with Gasteiger partial charge in [-0.2, -0.15) is 0 Å². The number of halogens is 1. The number of nitrogens with zero attached hydrogens (tertiary/aromatic N) is 1. The normalized spacial score (nSPS) is 34.8. The molecule has 1 aromatic carbocycles. The van der Waals surface area contributed by atoms with Gasteiger partial charge in [-0.1, -0.05) is 25.0 Å². The minimum Gasteiger partial charge on any atom is -0.370 e. The summed E-state index contributed by atoms with van der Waals surface area (Å²) in [5.74, 6) is 0.829. The molecule has 152 valence electrons. The van der Waals surface area contributed by atoms with Crippen LogP contribution in [0.4, 0.5) is 4.39 Å². The Kier molecular flexibility index (Phi) is 4.92. The van der Waals surface area contributed by atoms with Crippen molar-refractivity contribution in [1.29, 1.82) is 0 Å². The van der Waals surface area contributed by atoms with Gasteiger partial charge in [-0.25, -0.2) is 4.39 Å². The minimum atomic E-state index is -0.240. The molecule has 3 saturated heterocycles. The van der Waals surface area contributed by atoms with Gasteiger partial charge >= 0.3 is 0 Å². The van der Waals surface area contributed by atoms with Gasteiger partial charge in [0.1, 0.15) is 5.82 Å². The van der Waals surface area contributed by atoms with Crippen LogP contribution in [0.25, 0.3) is 0 Å². The lowest BCUT2D eigenvalue weighted by atomic mass is 9.73. The molecule has 3 heterocycles. The van der Waals surface area contributed by atoms with Crippen molar-refractivity contribution in [3.8, 4) is 0 Å². The largest absolute Gasteiger partial charge is 0.370 e. The molecule has 4 fully saturated rings. The smallest absolute Gasteiger partial charge is 0.220 e. The second kappa shape index (κ2) is 7.42. The average molecular weight is 387 g/mol. The van der Waals surface area contributed by atoms with Crippen molar-refractivity contribution in [3.05, 3.63) is 35.6 Å². The van der Waals surface area contributed by atoms with Crippen molar-refractivity contribution in [2.24, 2.45) is 11.8 Å². The Labute approximate surface area is 166 Å². The summed E-state index contributed by atoms with van der Waals surface area (Å²) in [6.45, 7) is 2.96. The van der Waals surface area contributed by atoms with Gasteiger partial charge in [0.15, 0.2) is 0 Å². The van der Waals surface area contributed by atoms with Crippen molar-refractivity contribution in [2.75, 3.05) is 19.6 Å². The summed E-state index contributed by atoms with van der Waals surface area (Å²) in [5.41, 5.74) is 0.935. The maximum Gasteiger partial charge on any atom is 0.220 e. The number of amides is 1. The maximum absolute atomic E-state index is 13.3. The number of hydrogen-bond donors (Lipinski definition) is 1. The molecular formula is C23H31FN2O2. The first-order valence-electron chi connectivity index (χ1n) is 11.1. The number of rotatable bonds is 6. The molecule has 4 aliphatic rings. The molecule has 0 radical (unpaired) electrons. The van der Waals surface area contributed by atoms with E-state index < -0.39 is 0 Å². The van der Waals surface area contributed by atoms with E-state index in [0.717, 1.165) is 37.7 Å². The van der Waals surface area contributed by atoms with Gasteiger partial charge in [0.25, 0.3) is 0 Å². The van der Waals surface area contributed by atoms with Crippen molar-refractivity contribution in [3.63, 3.8) is 0 Å². The number of aryl methyl sites for hydroxylation is 1. The first kappa shape index (κ1) is 18.6. The van der Waals surface area contributed by atoms with Crippen LogP contribution in [-0.2, 0) is 16.0 Å². The predicted molar refractivity (Wildman–Crippen MR) is 105 cm³/mol. The molecule has 4 atom stereocenters. The molecule has 2 bridgehead atoms. The van der Waals surface area contributed by atoms with Crippen LogP contribution in [0.15, 0.2) is 24.3 Å². The zero-order valence-electron chi connectivity index (χ0n) is 16.5. The minimum absolute atomic E-state index is 0.0597. The van der Waals surface area contributed by atoms with E-state index in [4.69, 9.17) is 4.74 Å². The monoisotopic (exact) mass is 386 g/mol. The van der Waals surface area contributed by atoms with E-state index in [9.17, 15) is 9.18 Å². The van der Waals surface area contributed by atoms with E-state index in [-0.39, 0.29) is 17.3 Å². The molecule has 5 rings (SSSR count). The number of carbonyl (C=O) groups is 1. The van der Waals surface area contributed by atoms with Crippen molar-refractivity contribution in [1.82, 2.24) is 10.2 Å². The fourth-order valence-electron chi connectivity index (χ4n) is 6.32. The van der Waals surface area contributed by atoms with Crippen LogP contribution in [0.3, 0.4) is 0 Å². The van der Waals surface area contributed by atoms with E-state index in [1.165, 1.54) is 44.2 Å². The molecule has 0 aromatic heterocycles. The summed E-state index contributed by atoms with van der Waals surface area (Å²) in [4.78, 5) is 15.1. The molecule has 5 heteroatoms. The molecule has 4 nitrogen and oxygen atoms in total. The molecule has 1 N–H and O–H groups in total. The molecule has 28 heavy (non-hydrogen) atoms. The average Bonchev–Trinajstić information content (AvgIpc) is 3.45. The Bertz CT molecular complexity index is 735. The van der Waals surface area contributed by atoms with Gasteiger partial charge < -0.3 is 10.1 Å². The highest BCUT2D eigenvalue weighted by atomic mass is 19.1. The van der Waals surface area contributed by atoms with Gasteiger partial charge in [0.05, 0.1) is 11.7 Å². The lowest BCUT2D eigenvalue weighted by Crippen LogP contribution is -2.41. The summed E-state index contributed by atoms with van der Waals surface area (Å²) in [6.07, 6.45) is 9.05. The summed E-state index contributed by atoms with van der Waals surface area (Å²) < 4.78 is 19.8. The quantitative estimate of drug-likeness (QED) is 0.816. The lowest BCUT2D eigenvalue weighted by Gasteiger charge is -2.29. The molecule has 3 aliphatic heterocycles. The summed E-state index contributed by atoms with van der Waals surface area (Å²) in [7, 11) is 0. The summed E-state index contributed by atoms with van der Waals surface area (Å²) >= 11 is 0. The van der Waals surface area contributed by atoms with E-state index in [1.54, 1.807) is 6.07 Å². The van der Waals surface area contributed by atoms with E-state index in [1.807, 2.05) is 6.07 Å². The topological polar surface area (TPSA) is 41.6 Å². The third kappa shape index (κ3) is 3.37. The predicted octanol–water partition coefficient (Wildman–Crippen LogP) is 3.30. The van der Waals surface area contributed by atoms with Gasteiger partial charge in [-0.15, -0.1) is 0 Å². The highest BCUT2D eigenvalue weighted by molar-refractivity contribution is 5.76. The third-order valence-corrected chi connectivity index (χ3v) is 7.72. The van der Waals surface area contributed by atoms with Crippen molar-refractivity contribution < 1.29 is 13.9 Å². The van der Waals surface area contributed by atoms with Crippen LogP contribution in [0.1, 0.15) is 50.5 Å². The van der Waals surface area contributed by atoms with E-state index in [2.05, 4.69) is 10.2 Å². The van der Waals surface area contributed by atoms with Crippen LogP contribution in [0, 0.1) is 17.7 Å². The molecule has 1 amide bonds. The number of likely N-dealkylation sites (tertiary alicyclic amines) is 1. The van der Waals surface area contributed by atoms with Crippen LogP contribution in [0.2, 0.25) is 0 Å². The van der Waals surface area contributed by atoms with Crippen LogP contribution in [0.5, 0.6) is 0 Å². The SMILES string of the molecule is O=C(CCc1cccc(F)c1)NC[C@H]1[C@H]2CN(C3CCCC3)C[C@]23CC[C@H]1O3. The number of carbonyl (C=O) groups excluding carboxylic acids is 1. The Balaban J connectivity index is 1.15. The van der Waals surface area contributed by atoms with Crippen LogP contribution >= 0.6 is 0 Å². The summed E-state index contributed by atoms with van der Waals surface area (Å²) in [6, 6.07) is 7.27. The first-order valence-corrected chi connectivity index (χ1v) is 11.1. The number of hydrogen-bond acceptors (Lipinski definition) is 3. The molecule has 1 saturated carbocycles. The highest BCUT2D eigenvalue weighted by Gasteiger charge is 2.63. The first-order chi connectivity index (χ1) is 13.6. The molecule has 1 aromatic rings. The Morgan fingerprint density at radius 2 is 2.14 bits per heavy atom. The van der Waals surface area contributed by atoms with Gasteiger partial charge in [-0.3, -0.25) is 9.69 Å². The maximum atomic E-state index is 13.3. The molecule has 0 unspecified atom stereocenters. The van der Waals surface area contributed by atoms with E-state index >= 15 is 0 Å². The van der Waals surface area contributed by atoms with Gasteiger partial charge in [-0.05, 0) is 49.8 Å². The lowest BCUT2D eigenvalue weighted by molar-refractivity contribution is -0.121. The van der Waals surface area contributed by atoms with Gasteiger partial charge in [0, 0.05) is 43.9 Å². The van der Waals surface area contributed by atoms with Crippen molar-refractivity contribution >= 4 is 5.91 Å². The zero-order chi connectivity index (χ0) is 19.1.